The number of fused-ring (bicyclic) bond motifs is 1. The fourth-order valence-electron chi connectivity index (χ4n) is 1.86. The Kier molecular flexibility index (Phi) is 2.75. The Morgan fingerprint density at radius 1 is 1.37 bits per heavy atom. The van der Waals surface area contributed by atoms with Crippen molar-refractivity contribution in [2.75, 3.05) is 0 Å². The first-order chi connectivity index (χ1) is 9.22. The smallest absolute Gasteiger partial charge is 0.268 e. The number of carbonyl (C=O) groups is 1. The van der Waals surface area contributed by atoms with Crippen molar-refractivity contribution >= 4 is 16.8 Å². The van der Waals surface area contributed by atoms with E-state index in [1.807, 2.05) is 30.3 Å². The minimum absolute atomic E-state index is 0.202. The summed E-state index contributed by atoms with van der Waals surface area (Å²) in [6.45, 7) is 1.92. The molecule has 3 aromatic rings. The lowest BCUT2D eigenvalue weighted by molar-refractivity contribution is 0.0943. The maximum Gasteiger partial charge on any atom is 0.268 e. The quantitative estimate of drug-likeness (QED) is 0.748. The first-order valence-corrected chi connectivity index (χ1v) is 5.87. The molecule has 0 unspecified atom stereocenters. The number of hydrogen-bond donors (Lipinski definition) is 2. The van der Waals surface area contributed by atoms with Crippen LogP contribution in [0.3, 0.4) is 0 Å². The number of carbonyl (C=O) groups excluding carboxylic acids is 1. The molecule has 0 radical (unpaired) electrons. The summed E-state index contributed by atoms with van der Waals surface area (Å²) in [5, 5.41) is 11.2. The van der Waals surface area contributed by atoms with Crippen molar-refractivity contribution in [3.05, 3.63) is 47.8 Å². The number of rotatable bonds is 3. The predicted molar refractivity (Wildman–Crippen MR) is 68.5 cm³/mol. The van der Waals surface area contributed by atoms with Crippen LogP contribution in [0.4, 0.5) is 0 Å². The average molecular weight is 256 g/mol. The van der Waals surface area contributed by atoms with Gasteiger partial charge in [0.15, 0.2) is 0 Å². The Hall–Kier alpha value is -2.63. The van der Waals surface area contributed by atoms with Gasteiger partial charge in [0, 0.05) is 17.8 Å². The minimum atomic E-state index is -0.202. The third-order valence-electron chi connectivity index (χ3n) is 2.74. The van der Waals surface area contributed by atoms with Gasteiger partial charge in [-0.2, -0.15) is 0 Å². The van der Waals surface area contributed by atoms with Gasteiger partial charge >= 0.3 is 0 Å². The highest BCUT2D eigenvalue weighted by atomic mass is 16.4. The van der Waals surface area contributed by atoms with Gasteiger partial charge in [0.05, 0.1) is 6.54 Å². The molecule has 0 aliphatic rings. The molecular weight excluding hydrogens is 244 g/mol. The van der Waals surface area contributed by atoms with Gasteiger partial charge in [-0.25, -0.2) is 0 Å². The van der Waals surface area contributed by atoms with E-state index in [-0.39, 0.29) is 12.5 Å². The number of nitrogens with zero attached hydrogens (tertiary/aromatic N) is 2. The number of hydrogen-bond acceptors (Lipinski definition) is 4. The zero-order valence-electron chi connectivity index (χ0n) is 10.3. The number of amides is 1. The van der Waals surface area contributed by atoms with E-state index in [2.05, 4.69) is 20.5 Å². The Labute approximate surface area is 108 Å². The third-order valence-corrected chi connectivity index (χ3v) is 2.74. The van der Waals surface area contributed by atoms with Gasteiger partial charge in [0.1, 0.15) is 5.69 Å². The van der Waals surface area contributed by atoms with Crippen molar-refractivity contribution < 1.29 is 9.21 Å². The molecule has 0 atom stereocenters. The summed E-state index contributed by atoms with van der Waals surface area (Å²) >= 11 is 0. The number of aryl methyl sites for hydroxylation is 1. The molecule has 0 fully saturated rings. The number of benzene rings is 1. The third kappa shape index (κ3) is 2.33. The van der Waals surface area contributed by atoms with Gasteiger partial charge in [-0.1, -0.05) is 18.2 Å². The summed E-state index contributed by atoms with van der Waals surface area (Å²) in [6, 6.07) is 9.53. The molecule has 0 aliphatic heterocycles. The van der Waals surface area contributed by atoms with Crippen molar-refractivity contribution in [3.8, 4) is 0 Å². The SMILES string of the molecule is Cc1nnc(CNC(=O)c2cc3ccccc3[nH]2)o1. The van der Waals surface area contributed by atoms with E-state index < -0.39 is 0 Å². The van der Waals surface area contributed by atoms with E-state index in [0.29, 0.717) is 17.5 Å². The van der Waals surface area contributed by atoms with Crippen LogP contribution >= 0.6 is 0 Å². The summed E-state index contributed by atoms with van der Waals surface area (Å²) in [5.74, 6) is 0.670. The van der Waals surface area contributed by atoms with E-state index in [0.717, 1.165) is 10.9 Å². The van der Waals surface area contributed by atoms with Crippen LogP contribution in [0.15, 0.2) is 34.7 Å². The summed E-state index contributed by atoms with van der Waals surface area (Å²) in [6.07, 6.45) is 0. The zero-order valence-corrected chi connectivity index (χ0v) is 10.3. The van der Waals surface area contributed by atoms with Crippen LogP contribution in [0.2, 0.25) is 0 Å². The van der Waals surface area contributed by atoms with E-state index in [1.165, 1.54) is 0 Å². The highest BCUT2D eigenvalue weighted by Gasteiger charge is 2.10. The molecule has 2 N–H and O–H groups in total. The average Bonchev–Trinajstić information content (AvgIpc) is 3.01. The molecule has 6 heteroatoms. The fraction of sp³-hybridized carbons (Fsp3) is 0.154. The van der Waals surface area contributed by atoms with Crippen molar-refractivity contribution in [3.63, 3.8) is 0 Å². The van der Waals surface area contributed by atoms with Crippen LogP contribution in [0.1, 0.15) is 22.3 Å². The van der Waals surface area contributed by atoms with E-state index in [4.69, 9.17) is 4.42 Å². The van der Waals surface area contributed by atoms with Crippen molar-refractivity contribution in [1.29, 1.82) is 0 Å². The Balaban J connectivity index is 1.73. The minimum Gasteiger partial charge on any atom is -0.424 e. The van der Waals surface area contributed by atoms with E-state index >= 15 is 0 Å². The highest BCUT2D eigenvalue weighted by molar-refractivity contribution is 5.97. The number of nitrogens with one attached hydrogen (secondary N) is 2. The van der Waals surface area contributed by atoms with E-state index in [1.54, 1.807) is 6.92 Å². The zero-order chi connectivity index (χ0) is 13.2. The maximum absolute atomic E-state index is 12.0. The number of aromatic amines is 1. The molecule has 0 saturated carbocycles. The molecule has 96 valence electrons. The molecule has 0 aliphatic carbocycles. The lowest BCUT2D eigenvalue weighted by atomic mass is 10.2. The Morgan fingerprint density at radius 2 is 2.21 bits per heavy atom. The Morgan fingerprint density at radius 3 is 2.95 bits per heavy atom. The van der Waals surface area contributed by atoms with Crippen molar-refractivity contribution in [2.45, 2.75) is 13.5 Å². The molecule has 2 heterocycles. The number of para-hydroxylation sites is 1. The summed E-state index contributed by atoms with van der Waals surface area (Å²) in [5.41, 5.74) is 1.44. The normalized spacial score (nSPS) is 10.8. The molecule has 6 nitrogen and oxygen atoms in total. The second kappa shape index (κ2) is 4.56. The van der Waals surface area contributed by atoms with Crippen LogP contribution in [-0.2, 0) is 6.54 Å². The molecule has 0 bridgehead atoms. The van der Waals surface area contributed by atoms with Gasteiger partial charge in [-0.15, -0.1) is 10.2 Å². The van der Waals surface area contributed by atoms with Gasteiger partial charge in [-0.05, 0) is 12.1 Å². The lowest BCUT2D eigenvalue weighted by Crippen LogP contribution is -2.23. The van der Waals surface area contributed by atoms with Crippen LogP contribution in [-0.4, -0.2) is 21.1 Å². The van der Waals surface area contributed by atoms with Crippen molar-refractivity contribution in [1.82, 2.24) is 20.5 Å². The summed E-state index contributed by atoms with van der Waals surface area (Å²) in [7, 11) is 0. The molecule has 3 rings (SSSR count). The number of H-pyrrole nitrogens is 1. The van der Waals surface area contributed by atoms with Gasteiger partial charge in [0.2, 0.25) is 11.8 Å². The maximum atomic E-state index is 12.0. The summed E-state index contributed by atoms with van der Waals surface area (Å²) < 4.78 is 5.18. The second-order valence-corrected chi connectivity index (χ2v) is 4.17. The second-order valence-electron chi connectivity index (χ2n) is 4.17. The first-order valence-electron chi connectivity index (χ1n) is 5.87. The van der Waals surface area contributed by atoms with E-state index in [9.17, 15) is 4.79 Å². The first kappa shape index (κ1) is 11.5. The number of aromatic nitrogens is 3. The van der Waals surface area contributed by atoms with Crippen LogP contribution < -0.4 is 5.32 Å². The summed E-state index contributed by atoms with van der Waals surface area (Å²) in [4.78, 5) is 15.0. The van der Waals surface area contributed by atoms with Gasteiger partial charge in [-0.3, -0.25) is 4.79 Å². The van der Waals surface area contributed by atoms with Crippen molar-refractivity contribution in [2.24, 2.45) is 0 Å². The molecule has 1 aromatic carbocycles. The lowest BCUT2D eigenvalue weighted by Gasteiger charge is -1.99. The van der Waals surface area contributed by atoms with Crippen LogP contribution in [0.5, 0.6) is 0 Å². The molecule has 0 spiro atoms. The molecule has 19 heavy (non-hydrogen) atoms. The Bertz CT molecular complexity index is 696. The fourth-order valence-corrected chi connectivity index (χ4v) is 1.86. The largest absolute Gasteiger partial charge is 0.424 e. The standard InChI is InChI=1S/C13H12N4O2/c1-8-16-17-12(19-8)7-14-13(18)11-6-9-4-2-3-5-10(9)15-11/h2-6,15H,7H2,1H3,(H,14,18). The van der Waals surface area contributed by atoms with Crippen LogP contribution in [0, 0.1) is 6.92 Å². The molecular formula is C13H12N4O2. The molecule has 0 saturated heterocycles. The highest BCUT2D eigenvalue weighted by Crippen LogP contribution is 2.14. The monoisotopic (exact) mass is 256 g/mol. The predicted octanol–water partition coefficient (Wildman–Crippen LogP) is 1.79. The topological polar surface area (TPSA) is 83.8 Å². The van der Waals surface area contributed by atoms with Crippen LogP contribution in [0.25, 0.3) is 10.9 Å². The molecule has 1 amide bonds. The van der Waals surface area contributed by atoms with Gasteiger partial charge in [0.25, 0.3) is 5.91 Å². The van der Waals surface area contributed by atoms with Gasteiger partial charge < -0.3 is 14.7 Å². The molecule has 2 aromatic heterocycles.